The van der Waals surface area contributed by atoms with Crippen molar-refractivity contribution in [1.82, 2.24) is 10.2 Å². The van der Waals surface area contributed by atoms with Crippen molar-refractivity contribution in [3.63, 3.8) is 0 Å². The number of aliphatic hydroxyl groups excluding tert-OH is 1. The maximum Gasteiger partial charge on any atom is 0.0445 e. The average molecular weight is 282 g/mol. The highest BCUT2D eigenvalue weighted by atomic mass is 16.3. The van der Waals surface area contributed by atoms with Gasteiger partial charge in [0.2, 0.25) is 0 Å². The van der Waals surface area contributed by atoms with E-state index in [-0.39, 0.29) is 0 Å². The number of hydrogen-bond donors (Lipinski definition) is 2. The van der Waals surface area contributed by atoms with Gasteiger partial charge in [0, 0.05) is 18.7 Å². The number of rotatable bonds is 7. The highest BCUT2D eigenvalue weighted by Gasteiger charge is 2.27. The lowest BCUT2D eigenvalue weighted by atomic mass is 9.82. The van der Waals surface area contributed by atoms with Crippen LogP contribution in [0, 0.1) is 5.92 Å². The molecule has 118 valence electrons. The summed E-state index contributed by atoms with van der Waals surface area (Å²) in [5.41, 5.74) is 0. The van der Waals surface area contributed by atoms with Gasteiger partial charge in [-0.15, -0.1) is 0 Å². The molecule has 20 heavy (non-hydrogen) atoms. The fraction of sp³-hybridized carbons (Fsp3) is 1.00. The molecule has 0 aromatic heterocycles. The van der Waals surface area contributed by atoms with Crippen molar-refractivity contribution in [2.45, 2.75) is 76.8 Å². The summed E-state index contributed by atoms with van der Waals surface area (Å²) >= 11 is 0. The summed E-state index contributed by atoms with van der Waals surface area (Å²) in [6.07, 6.45) is 11.7. The predicted octanol–water partition coefficient (Wildman–Crippen LogP) is 2.78. The lowest BCUT2D eigenvalue weighted by Crippen LogP contribution is -2.49. The molecule has 3 heteroatoms. The smallest absolute Gasteiger partial charge is 0.0445 e. The second kappa shape index (κ2) is 9.01. The Labute approximate surface area is 125 Å². The molecular formula is C17H34N2O. The van der Waals surface area contributed by atoms with Crippen LogP contribution >= 0.6 is 0 Å². The van der Waals surface area contributed by atoms with Crippen LogP contribution in [0.3, 0.4) is 0 Å². The van der Waals surface area contributed by atoms with Gasteiger partial charge in [0.1, 0.15) is 0 Å². The van der Waals surface area contributed by atoms with Gasteiger partial charge in [0.05, 0.1) is 0 Å². The van der Waals surface area contributed by atoms with E-state index in [2.05, 4.69) is 17.1 Å². The first-order chi connectivity index (χ1) is 9.83. The van der Waals surface area contributed by atoms with Crippen LogP contribution in [0.15, 0.2) is 0 Å². The minimum atomic E-state index is 0.336. The van der Waals surface area contributed by atoms with Crippen molar-refractivity contribution in [3.05, 3.63) is 0 Å². The fourth-order valence-corrected chi connectivity index (χ4v) is 4.07. The van der Waals surface area contributed by atoms with Gasteiger partial charge in [-0.1, -0.05) is 26.2 Å². The Balaban J connectivity index is 1.76. The van der Waals surface area contributed by atoms with E-state index in [1.807, 2.05) is 0 Å². The maximum absolute atomic E-state index is 9.36. The van der Waals surface area contributed by atoms with Crippen LogP contribution in [0.1, 0.15) is 64.7 Å². The van der Waals surface area contributed by atoms with Gasteiger partial charge in [-0.3, -0.25) is 0 Å². The van der Waals surface area contributed by atoms with Crippen molar-refractivity contribution in [2.75, 3.05) is 26.2 Å². The second-order valence-electron chi connectivity index (χ2n) is 6.80. The molecular weight excluding hydrogens is 248 g/mol. The quantitative estimate of drug-likeness (QED) is 0.754. The third-order valence-electron chi connectivity index (χ3n) is 5.24. The summed E-state index contributed by atoms with van der Waals surface area (Å²) in [6.45, 7) is 6.37. The molecule has 2 aliphatic rings. The average Bonchev–Trinajstić information content (AvgIpc) is 2.50. The first-order valence-corrected chi connectivity index (χ1v) is 8.92. The van der Waals surface area contributed by atoms with Crippen LogP contribution in [-0.2, 0) is 0 Å². The molecule has 0 radical (unpaired) electrons. The molecule has 1 aliphatic carbocycles. The molecule has 0 aromatic rings. The van der Waals surface area contributed by atoms with E-state index in [1.165, 1.54) is 71.0 Å². The van der Waals surface area contributed by atoms with Gasteiger partial charge in [-0.25, -0.2) is 0 Å². The third-order valence-corrected chi connectivity index (χ3v) is 5.24. The van der Waals surface area contributed by atoms with E-state index in [0.717, 1.165) is 12.3 Å². The minimum Gasteiger partial charge on any atom is -0.396 e. The van der Waals surface area contributed by atoms with E-state index in [9.17, 15) is 5.11 Å². The number of nitrogens with one attached hydrogen (secondary N) is 1. The molecule has 0 spiro atoms. The van der Waals surface area contributed by atoms with E-state index in [0.29, 0.717) is 18.7 Å². The van der Waals surface area contributed by atoms with Crippen LogP contribution < -0.4 is 5.32 Å². The van der Waals surface area contributed by atoms with Crippen molar-refractivity contribution < 1.29 is 5.11 Å². The van der Waals surface area contributed by atoms with Crippen LogP contribution in [0.5, 0.6) is 0 Å². The third kappa shape index (κ3) is 5.01. The SMILES string of the molecule is CCCN1CCC(NC(CCO)C2CCCCC2)CC1. The summed E-state index contributed by atoms with van der Waals surface area (Å²) in [7, 11) is 0. The summed E-state index contributed by atoms with van der Waals surface area (Å²) < 4.78 is 0. The highest BCUT2D eigenvalue weighted by Crippen LogP contribution is 2.28. The van der Waals surface area contributed by atoms with Crippen LogP contribution in [0.25, 0.3) is 0 Å². The minimum absolute atomic E-state index is 0.336. The number of aliphatic hydroxyl groups is 1. The predicted molar refractivity (Wildman–Crippen MR) is 85.0 cm³/mol. The molecule has 1 unspecified atom stereocenters. The molecule has 0 bridgehead atoms. The van der Waals surface area contributed by atoms with Gasteiger partial charge in [-0.05, 0) is 64.1 Å². The zero-order valence-corrected chi connectivity index (χ0v) is 13.3. The molecule has 0 aromatic carbocycles. The molecule has 2 rings (SSSR count). The normalized spacial score (nSPS) is 24.9. The number of piperidine rings is 1. The lowest BCUT2D eigenvalue weighted by molar-refractivity contribution is 0.155. The number of nitrogens with zero attached hydrogens (tertiary/aromatic N) is 1. The summed E-state index contributed by atoms with van der Waals surface area (Å²) in [4.78, 5) is 2.60. The van der Waals surface area contributed by atoms with Crippen molar-refractivity contribution in [2.24, 2.45) is 5.92 Å². The molecule has 1 saturated carbocycles. The first kappa shape index (κ1) is 16.3. The molecule has 1 atom stereocenters. The monoisotopic (exact) mass is 282 g/mol. The van der Waals surface area contributed by atoms with Crippen molar-refractivity contribution in [1.29, 1.82) is 0 Å². The molecule has 1 aliphatic heterocycles. The van der Waals surface area contributed by atoms with Gasteiger partial charge in [0.15, 0.2) is 0 Å². The largest absolute Gasteiger partial charge is 0.396 e. The Morgan fingerprint density at radius 2 is 1.80 bits per heavy atom. The zero-order chi connectivity index (χ0) is 14.2. The van der Waals surface area contributed by atoms with Gasteiger partial charge in [-0.2, -0.15) is 0 Å². The fourth-order valence-electron chi connectivity index (χ4n) is 4.07. The van der Waals surface area contributed by atoms with Crippen molar-refractivity contribution in [3.8, 4) is 0 Å². The Morgan fingerprint density at radius 1 is 1.10 bits per heavy atom. The molecule has 1 heterocycles. The van der Waals surface area contributed by atoms with E-state index in [4.69, 9.17) is 0 Å². The van der Waals surface area contributed by atoms with Crippen LogP contribution in [0.2, 0.25) is 0 Å². The lowest BCUT2D eigenvalue weighted by Gasteiger charge is -2.37. The van der Waals surface area contributed by atoms with E-state index >= 15 is 0 Å². The second-order valence-corrected chi connectivity index (χ2v) is 6.80. The Bertz CT molecular complexity index is 245. The van der Waals surface area contributed by atoms with Gasteiger partial charge >= 0.3 is 0 Å². The van der Waals surface area contributed by atoms with Crippen LogP contribution in [0.4, 0.5) is 0 Å². The van der Waals surface area contributed by atoms with Crippen LogP contribution in [-0.4, -0.2) is 48.3 Å². The maximum atomic E-state index is 9.36. The molecule has 2 N–H and O–H groups in total. The van der Waals surface area contributed by atoms with Gasteiger partial charge in [0.25, 0.3) is 0 Å². The Morgan fingerprint density at radius 3 is 2.40 bits per heavy atom. The number of hydrogen-bond acceptors (Lipinski definition) is 3. The highest BCUT2D eigenvalue weighted by molar-refractivity contribution is 4.85. The number of likely N-dealkylation sites (tertiary alicyclic amines) is 1. The first-order valence-electron chi connectivity index (χ1n) is 8.92. The standard InChI is InChI=1S/C17H34N2O/c1-2-11-19-12-8-16(9-13-19)18-17(10-14-20)15-6-4-3-5-7-15/h15-18,20H,2-14H2,1H3. The van der Waals surface area contributed by atoms with Crippen molar-refractivity contribution >= 4 is 0 Å². The summed E-state index contributed by atoms with van der Waals surface area (Å²) in [5.74, 6) is 0.810. The molecule has 3 nitrogen and oxygen atoms in total. The molecule has 1 saturated heterocycles. The molecule has 2 fully saturated rings. The van der Waals surface area contributed by atoms with Gasteiger partial charge < -0.3 is 15.3 Å². The van der Waals surface area contributed by atoms with E-state index in [1.54, 1.807) is 0 Å². The van der Waals surface area contributed by atoms with E-state index < -0.39 is 0 Å². The zero-order valence-electron chi connectivity index (χ0n) is 13.3. The topological polar surface area (TPSA) is 35.5 Å². The Hall–Kier alpha value is -0.120. The summed E-state index contributed by atoms with van der Waals surface area (Å²) in [6, 6.07) is 1.24. The molecule has 0 amide bonds. The Kier molecular flexibility index (Phi) is 7.32. The summed E-state index contributed by atoms with van der Waals surface area (Å²) in [5, 5.41) is 13.3.